The van der Waals surface area contributed by atoms with Gasteiger partial charge in [-0.3, -0.25) is 9.78 Å². The first-order valence-corrected chi connectivity index (χ1v) is 9.02. The van der Waals surface area contributed by atoms with E-state index < -0.39 is 11.5 Å². The molecule has 1 fully saturated rings. The maximum Gasteiger partial charge on any atom is 0.253 e. The van der Waals surface area contributed by atoms with Crippen molar-refractivity contribution in [3.8, 4) is 0 Å². The van der Waals surface area contributed by atoms with Gasteiger partial charge in [-0.15, -0.1) is 0 Å². The Morgan fingerprint density at radius 1 is 1.30 bits per heavy atom. The SMILES string of the molecule is Cc1ccc(CNCC2(F)CCN(C(=O)c3ccc(F)c(N)c3)CC2)nc1. The van der Waals surface area contributed by atoms with Gasteiger partial charge >= 0.3 is 0 Å². The summed E-state index contributed by atoms with van der Waals surface area (Å²) in [6, 6.07) is 7.80. The Bertz CT molecular complexity index is 802. The molecular weight excluding hydrogens is 350 g/mol. The van der Waals surface area contributed by atoms with Gasteiger partial charge in [0.15, 0.2) is 0 Å². The van der Waals surface area contributed by atoms with Crippen LogP contribution < -0.4 is 11.1 Å². The van der Waals surface area contributed by atoms with Gasteiger partial charge in [-0.05, 0) is 36.8 Å². The van der Waals surface area contributed by atoms with E-state index >= 15 is 4.39 Å². The standard InChI is InChI=1S/C20H24F2N4O/c1-14-2-4-16(25-11-14)12-24-13-20(22)6-8-26(9-7-20)19(27)15-3-5-17(21)18(23)10-15/h2-5,10-11,24H,6-9,12-13,23H2,1H3. The minimum atomic E-state index is -1.36. The number of anilines is 1. The third kappa shape index (κ3) is 4.80. The molecule has 1 aliphatic rings. The lowest BCUT2D eigenvalue weighted by Crippen LogP contribution is -2.48. The van der Waals surface area contributed by atoms with Crippen molar-refractivity contribution in [1.29, 1.82) is 0 Å². The number of alkyl halides is 1. The summed E-state index contributed by atoms with van der Waals surface area (Å²) in [5, 5.41) is 3.12. The van der Waals surface area contributed by atoms with E-state index in [1.807, 2.05) is 19.1 Å². The highest BCUT2D eigenvalue weighted by Gasteiger charge is 2.35. The fourth-order valence-corrected chi connectivity index (χ4v) is 3.16. The van der Waals surface area contributed by atoms with E-state index in [-0.39, 0.29) is 31.0 Å². The molecule has 3 N–H and O–H groups in total. The van der Waals surface area contributed by atoms with Gasteiger partial charge in [0.25, 0.3) is 5.91 Å². The van der Waals surface area contributed by atoms with Crippen molar-refractivity contribution in [3.63, 3.8) is 0 Å². The molecule has 1 aromatic heterocycles. The first-order chi connectivity index (χ1) is 12.9. The number of nitrogen functional groups attached to an aromatic ring is 1. The number of likely N-dealkylation sites (tertiary alicyclic amines) is 1. The van der Waals surface area contributed by atoms with Crippen LogP contribution >= 0.6 is 0 Å². The lowest BCUT2D eigenvalue weighted by atomic mass is 9.92. The van der Waals surface area contributed by atoms with Crippen molar-refractivity contribution in [3.05, 3.63) is 59.2 Å². The topological polar surface area (TPSA) is 71.2 Å². The van der Waals surface area contributed by atoms with E-state index in [4.69, 9.17) is 5.73 Å². The molecule has 0 radical (unpaired) electrons. The molecule has 0 atom stereocenters. The number of benzene rings is 1. The highest BCUT2D eigenvalue weighted by atomic mass is 19.1. The Hall–Kier alpha value is -2.54. The Labute approximate surface area is 157 Å². The predicted molar refractivity (Wildman–Crippen MR) is 100 cm³/mol. The molecule has 144 valence electrons. The smallest absolute Gasteiger partial charge is 0.253 e. The number of halogens is 2. The Morgan fingerprint density at radius 3 is 2.67 bits per heavy atom. The van der Waals surface area contributed by atoms with Gasteiger partial charge in [-0.1, -0.05) is 6.07 Å². The highest BCUT2D eigenvalue weighted by molar-refractivity contribution is 5.95. The van der Waals surface area contributed by atoms with E-state index in [2.05, 4.69) is 10.3 Å². The second-order valence-electron chi connectivity index (χ2n) is 7.11. The zero-order valence-electron chi connectivity index (χ0n) is 15.3. The van der Waals surface area contributed by atoms with Gasteiger partial charge in [0.1, 0.15) is 11.5 Å². The van der Waals surface area contributed by atoms with Gasteiger partial charge < -0.3 is 16.0 Å². The second-order valence-corrected chi connectivity index (χ2v) is 7.11. The van der Waals surface area contributed by atoms with Crippen LogP contribution in [-0.2, 0) is 6.54 Å². The molecule has 1 saturated heterocycles. The number of carbonyl (C=O) groups is 1. The maximum absolute atomic E-state index is 15.0. The third-order valence-corrected chi connectivity index (χ3v) is 4.91. The number of pyridine rings is 1. The first kappa shape index (κ1) is 19.2. The zero-order valence-corrected chi connectivity index (χ0v) is 15.3. The fraction of sp³-hybridized carbons (Fsp3) is 0.400. The maximum atomic E-state index is 15.0. The molecule has 0 unspecified atom stereocenters. The molecule has 1 aliphatic heterocycles. The quantitative estimate of drug-likeness (QED) is 0.790. The molecule has 1 aromatic carbocycles. The van der Waals surface area contributed by atoms with E-state index in [0.717, 1.165) is 11.3 Å². The number of nitrogens with zero attached hydrogens (tertiary/aromatic N) is 2. The summed E-state index contributed by atoms with van der Waals surface area (Å²) in [7, 11) is 0. The normalized spacial score (nSPS) is 16.3. The van der Waals surface area contributed by atoms with Crippen LogP contribution in [-0.4, -0.2) is 41.1 Å². The monoisotopic (exact) mass is 374 g/mol. The van der Waals surface area contributed by atoms with Crippen LogP contribution in [0.5, 0.6) is 0 Å². The minimum Gasteiger partial charge on any atom is -0.396 e. The molecule has 27 heavy (non-hydrogen) atoms. The number of hydrogen-bond donors (Lipinski definition) is 2. The summed E-state index contributed by atoms with van der Waals surface area (Å²) in [6.45, 7) is 3.32. The van der Waals surface area contributed by atoms with Crippen molar-refractivity contribution in [2.45, 2.75) is 32.0 Å². The van der Waals surface area contributed by atoms with E-state index in [9.17, 15) is 9.18 Å². The summed E-state index contributed by atoms with van der Waals surface area (Å²) in [5.41, 5.74) is 6.38. The van der Waals surface area contributed by atoms with Crippen molar-refractivity contribution in [1.82, 2.24) is 15.2 Å². The summed E-state index contributed by atoms with van der Waals surface area (Å²) < 4.78 is 28.3. The number of carbonyl (C=O) groups excluding carboxylic acids is 1. The molecule has 0 bridgehead atoms. The number of aryl methyl sites for hydroxylation is 1. The minimum absolute atomic E-state index is 0.0633. The van der Waals surface area contributed by atoms with Crippen molar-refractivity contribution in [2.75, 3.05) is 25.4 Å². The van der Waals surface area contributed by atoms with Crippen LogP contribution in [0, 0.1) is 12.7 Å². The van der Waals surface area contributed by atoms with Crippen molar-refractivity contribution in [2.24, 2.45) is 0 Å². The average Bonchev–Trinajstić information content (AvgIpc) is 2.66. The third-order valence-electron chi connectivity index (χ3n) is 4.91. The van der Waals surface area contributed by atoms with Crippen LogP contribution in [0.1, 0.15) is 34.5 Å². The van der Waals surface area contributed by atoms with E-state index in [1.165, 1.54) is 18.2 Å². The Morgan fingerprint density at radius 2 is 2.04 bits per heavy atom. The van der Waals surface area contributed by atoms with Crippen LogP contribution in [0.4, 0.5) is 14.5 Å². The van der Waals surface area contributed by atoms with Gasteiger partial charge in [0, 0.05) is 50.8 Å². The highest BCUT2D eigenvalue weighted by Crippen LogP contribution is 2.27. The van der Waals surface area contributed by atoms with Gasteiger partial charge in [0.05, 0.1) is 11.4 Å². The number of nitrogens with two attached hydrogens (primary N) is 1. The lowest BCUT2D eigenvalue weighted by molar-refractivity contribution is 0.0434. The molecule has 0 spiro atoms. The Kier molecular flexibility index (Phi) is 5.70. The number of piperidine rings is 1. The fourth-order valence-electron chi connectivity index (χ4n) is 3.16. The number of aromatic nitrogens is 1. The predicted octanol–water partition coefficient (Wildman–Crippen LogP) is 2.85. The summed E-state index contributed by atoms with van der Waals surface area (Å²) >= 11 is 0. The molecule has 5 nitrogen and oxygen atoms in total. The molecular formula is C20H24F2N4O. The van der Waals surface area contributed by atoms with Crippen LogP contribution in [0.3, 0.4) is 0 Å². The van der Waals surface area contributed by atoms with E-state index in [0.29, 0.717) is 25.2 Å². The molecule has 7 heteroatoms. The van der Waals surface area contributed by atoms with Crippen LogP contribution in [0.15, 0.2) is 36.5 Å². The molecule has 0 aliphatic carbocycles. The van der Waals surface area contributed by atoms with Crippen LogP contribution in [0.2, 0.25) is 0 Å². The number of hydrogen-bond acceptors (Lipinski definition) is 4. The van der Waals surface area contributed by atoms with Crippen LogP contribution in [0.25, 0.3) is 0 Å². The molecule has 3 rings (SSSR count). The molecule has 2 aromatic rings. The first-order valence-electron chi connectivity index (χ1n) is 9.02. The largest absolute Gasteiger partial charge is 0.396 e. The molecule has 1 amide bonds. The molecule has 0 saturated carbocycles. The van der Waals surface area contributed by atoms with Gasteiger partial charge in [-0.2, -0.15) is 0 Å². The molecule has 2 heterocycles. The van der Waals surface area contributed by atoms with Gasteiger partial charge in [0.2, 0.25) is 0 Å². The second kappa shape index (κ2) is 8.00. The van der Waals surface area contributed by atoms with Crippen molar-refractivity contribution >= 4 is 11.6 Å². The van der Waals surface area contributed by atoms with E-state index in [1.54, 1.807) is 11.1 Å². The summed E-state index contributed by atoms with van der Waals surface area (Å²) in [5.74, 6) is -0.803. The number of amides is 1. The van der Waals surface area contributed by atoms with Gasteiger partial charge in [-0.25, -0.2) is 8.78 Å². The van der Waals surface area contributed by atoms with Crippen molar-refractivity contribution < 1.29 is 13.6 Å². The average molecular weight is 374 g/mol. The lowest BCUT2D eigenvalue weighted by Gasteiger charge is -2.36. The Balaban J connectivity index is 1.50. The zero-order chi connectivity index (χ0) is 19.4. The summed E-state index contributed by atoms with van der Waals surface area (Å²) in [4.78, 5) is 18.4. The number of rotatable bonds is 5. The summed E-state index contributed by atoms with van der Waals surface area (Å²) in [6.07, 6.45) is 2.29. The number of nitrogens with one attached hydrogen (secondary N) is 1.